The minimum Gasteiger partial charge on any atom is -0.507 e. The van der Waals surface area contributed by atoms with Crippen LogP contribution in [0.3, 0.4) is 0 Å². The summed E-state index contributed by atoms with van der Waals surface area (Å²) in [5.74, 6) is -1.32. The largest absolute Gasteiger partial charge is 0.507 e. The number of halogens is 1. The van der Waals surface area contributed by atoms with Crippen molar-refractivity contribution in [3.63, 3.8) is 0 Å². The number of carbonyl (C=O) groups excluding carboxylic acids is 1. The number of hydrogen-bond donors (Lipinski definition) is 3. The molecule has 38 heavy (non-hydrogen) atoms. The zero-order valence-corrected chi connectivity index (χ0v) is 23.1. The Balaban J connectivity index is 2.06. The van der Waals surface area contributed by atoms with Gasteiger partial charge in [-0.25, -0.2) is 4.39 Å². The summed E-state index contributed by atoms with van der Waals surface area (Å²) in [7, 11) is 5.01. The Morgan fingerprint density at radius 3 is 2.47 bits per heavy atom. The quantitative estimate of drug-likeness (QED) is 0.377. The highest BCUT2D eigenvalue weighted by molar-refractivity contribution is 6.49. The van der Waals surface area contributed by atoms with E-state index in [2.05, 4.69) is 27.2 Å². The van der Waals surface area contributed by atoms with Gasteiger partial charge in [0.25, 0.3) is 5.91 Å². The van der Waals surface area contributed by atoms with E-state index in [-0.39, 0.29) is 34.6 Å². The first-order valence-electron chi connectivity index (χ1n) is 12.8. The SMILES string of the molecule is CCNC(=O)/C(=N/C)N(C(=N)c1cc(C(C)C)c(OC)cc1O)c1ccc(CN2CCN(C)CC2)cc1F. The molecule has 0 aromatic heterocycles. The number of amidine groups is 2. The van der Waals surface area contributed by atoms with Crippen LogP contribution in [0.5, 0.6) is 11.5 Å². The summed E-state index contributed by atoms with van der Waals surface area (Å²) in [6.45, 7) is 10.3. The maximum absolute atomic E-state index is 15.7. The van der Waals surface area contributed by atoms with Gasteiger partial charge >= 0.3 is 0 Å². The Morgan fingerprint density at radius 2 is 1.92 bits per heavy atom. The third-order valence-corrected chi connectivity index (χ3v) is 6.67. The molecular weight excluding hydrogens is 487 g/mol. The molecule has 10 heteroatoms. The number of amides is 1. The van der Waals surface area contributed by atoms with E-state index in [1.165, 1.54) is 26.3 Å². The monoisotopic (exact) mass is 526 g/mol. The molecule has 0 atom stereocenters. The van der Waals surface area contributed by atoms with E-state index >= 15 is 4.39 Å². The molecule has 0 aliphatic carbocycles. The smallest absolute Gasteiger partial charge is 0.287 e. The minimum atomic E-state index is -0.594. The van der Waals surface area contributed by atoms with Crippen LogP contribution >= 0.6 is 0 Å². The molecule has 1 amide bonds. The Bertz CT molecular complexity index is 1190. The minimum absolute atomic E-state index is 0.00899. The molecule has 0 unspecified atom stereocenters. The van der Waals surface area contributed by atoms with E-state index in [1.54, 1.807) is 25.1 Å². The lowest BCUT2D eigenvalue weighted by Crippen LogP contribution is -2.47. The summed E-state index contributed by atoms with van der Waals surface area (Å²) in [5.41, 5.74) is 1.68. The number of methoxy groups -OCH3 is 1. The van der Waals surface area contributed by atoms with Gasteiger partial charge in [-0.15, -0.1) is 0 Å². The second kappa shape index (κ2) is 12.8. The number of anilines is 1. The number of benzene rings is 2. The van der Waals surface area contributed by atoms with Gasteiger partial charge in [0.1, 0.15) is 23.2 Å². The van der Waals surface area contributed by atoms with E-state index in [1.807, 2.05) is 13.8 Å². The van der Waals surface area contributed by atoms with Gasteiger partial charge in [-0.2, -0.15) is 0 Å². The fraction of sp³-hybridized carbons (Fsp3) is 0.464. The van der Waals surface area contributed by atoms with E-state index in [0.717, 1.165) is 42.2 Å². The third-order valence-electron chi connectivity index (χ3n) is 6.67. The number of aliphatic imine (C=N–C) groups is 1. The van der Waals surface area contributed by atoms with Crippen molar-refractivity contribution >= 4 is 23.3 Å². The zero-order valence-electron chi connectivity index (χ0n) is 23.1. The normalized spacial score (nSPS) is 15.0. The van der Waals surface area contributed by atoms with Crippen molar-refractivity contribution in [3.8, 4) is 11.5 Å². The Hall–Kier alpha value is -3.50. The molecule has 3 N–H and O–H groups in total. The maximum Gasteiger partial charge on any atom is 0.287 e. The van der Waals surface area contributed by atoms with Gasteiger partial charge in [0.2, 0.25) is 0 Å². The molecule has 1 heterocycles. The van der Waals surface area contributed by atoms with Gasteiger partial charge in [-0.3, -0.25) is 25.0 Å². The number of rotatable bonds is 7. The Kier molecular flexibility index (Phi) is 9.82. The van der Waals surface area contributed by atoms with Crippen LogP contribution in [-0.4, -0.2) is 86.4 Å². The number of likely N-dealkylation sites (N-methyl/N-ethyl adjacent to an activating group) is 2. The lowest BCUT2D eigenvalue weighted by atomic mass is 9.97. The topological polar surface area (TPSA) is 104 Å². The van der Waals surface area contributed by atoms with Crippen LogP contribution in [0.15, 0.2) is 35.3 Å². The number of piperazine rings is 1. The number of nitrogens with one attached hydrogen (secondary N) is 2. The number of ether oxygens (including phenoxy) is 1. The summed E-state index contributed by atoms with van der Waals surface area (Å²) in [6, 6.07) is 7.87. The van der Waals surface area contributed by atoms with Crippen molar-refractivity contribution in [2.24, 2.45) is 4.99 Å². The van der Waals surface area contributed by atoms with Crippen molar-refractivity contribution in [2.45, 2.75) is 33.2 Å². The standard InChI is InChI=1S/C28H39FN6O3/c1-7-32-28(37)27(31-4)35(26(30)21-15-20(18(2)3)25(38-6)16-24(21)36)23-9-8-19(14-22(23)29)17-34-12-10-33(5)11-13-34/h8-9,14-16,18,30,36H,7,10-13,17H2,1-6H3,(H,32,37)/b30-26?,31-27-. The molecule has 3 rings (SSSR count). The van der Waals surface area contributed by atoms with Crippen LogP contribution in [0, 0.1) is 11.2 Å². The van der Waals surface area contributed by atoms with Crippen LogP contribution in [0.4, 0.5) is 10.1 Å². The number of phenolic OH excluding ortho intramolecular Hbond substituents is 1. The molecule has 0 spiro atoms. The maximum atomic E-state index is 15.7. The summed E-state index contributed by atoms with van der Waals surface area (Å²) in [4.78, 5) is 22.7. The molecule has 1 fully saturated rings. The van der Waals surface area contributed by atoms with Crippen molar-refractivity contribution in [1.29, 1.82) is 5.41 Å². The second-order valence-corrected chi connectivity index (χ2v) is 9.72. The Labute approximate surface area is 224 Å². The fourth-order valence-electron chi connectivity index (χ4n) is 4.50. The summed E-state index contributed by atoms with van der Waals surface area (Å²) in [6.07, 6.45) is 0. The molecule has 1 saturated heterocycles. The van der Waals surface area contributed by atoms with Crippen LogP contribution in [0.25, 0.3) is 0 Å². The average Bonchev–Trinajstić information content (AvgIpc) is 2.88. The first-order chi connectivity index (χ1) is 18.1. The van der Waals surface area contributed by atoms with Gasteiger partial charge in [-0.05, 0) is 49.2 Å². The number of aromatic hydroxyl groups is 1. The lowest BCUT2D eigenvalue weighted by Gasteiger charge is -2.32. The molecule has 1 aliphatic heterocycles. The summed E-state index contributed by atoms with van der Waals surface area (Å²) >= 11 is 0. The second-order valence-electron chi connectivity index (χ2n) is 9.72. The highest BCUT2D eigenvalue weighted by Crippen LogP contribution is 2.35. The molecule has 1 aliphatic rings. The highest BCUT2D eigenvalue weighted by Gasteiger charge is 2.30. The molecular formula is C28H39FN6O3. The first kappa shape index (κ1) is 29.1. The molecule has 0 radical (unpaired) electrons. The van der Waals surface area contributed by atoms with Gasteiger partial charge in [-0.1, -0.05) is 19.9 Å². The van der Waals surface area contributed by atoms with E-state index in [9.17, 15) is 9.90 Å². The van der Waals surface area contributed by atoms with Crippen LogP contribution < -0.4 is 15.0 Å². The molecule has 0 saturated carbocycles. The van der Waals surface area contributed by atoms with E-state index in [0.29, 0.717) is 18.8 Å². The average molecular weight is 527 g/mol. The van der Waals surface area contributed by atoms with Crippen LogP contribution in [0.1, 0.15) is 43.4 Å². The van der Waals surface area contributed by atoms with Gasteiger partial charge in [0, 0.05) is 52.4 Å². The fourth-order valence-corrected chi connectivity index (χ4v) is 4.50. The molecule has 2 aromatic carbocycles. The summed E-state index contributed by atoms with van der Waals surface area (Å²) in [5, 5.41) is 22.5. The van der Waals surface area contributed by atoms with Crippen molar-refractivity contribution in [3.05, 3.63) is 52.8 Å². The van der Waals surface area contributed by atoms with E-state index in [4.69, 9.17) is 10.1 Å². The molecule has 206 valence electrons. The zero-order chi connectivity index (χ0) is 28.0. The molecule has 0 bridgehead atoms. The highest BCUT2D eigenvalue weighted by atomic mass is 19.1. The molecule has 2 aromatic rings. The first-order valence-corrected chi connectivity index (χ1v) is 12.8. The third kappa shape index (κ3) is 6.49. The van der Waals surface area contributed by atoms with Crippen molar-refractivity contribution < 1.29 is 19.0 Å². The van der Waals surface area contributed by atoms with E-state index < -0.39 is 11.7 Å². The number of phenols is 1. The van der Waals surface area contributed by atoms with Crippen molar-refractivity contribution in [2.75, 3.05) is 58.8 Å². The predicted octanol–water partition coefficient (Wildman–Crippen LogP) is 3.41. The van der Waals surface area contributed by atoms with Gasteiger partial charge in [0.15, 0.2) is 5.84 Å². The number of nitrogens with zero attached hydrogens (tertiary/aromatic N) is 4. The lowest BCUT2D eigenvalue weighted by molar-refractivity contribution is -0.114. The predicted molar refractivity (Wildman–Crippen MR) is 149 cm³/mol. The van der Waals surface area contributed by atoms with Crippen LogP contribution in [0.2, 0.25) is 0 Å². The number of hydrogen-bond acceptors (Lipinski definition) is 7. The Morgan fingerprint density at radius 1 is 1.24 bits per heavy atom. The van der Waals surface area contributed by atoms with Crippen LogP contribution in [-0.2, 0) is 11.3 Å². The van der Waals surface area contributed by atoms with Gasteiger partial charge in [0.05, 0.1) is 18.4 Å². The van der Waals surface area contributed by atoms with Gasteiger partial charge < -0.3 is 20.1 Å². The molecule has 9 nitrogen and oxygen atoms in total. The number of carbonyl (C=O) groups is 1. The summed E-state index contributed by atoms with van der Waals surface area (Å²) < 4.78 is 21.1. The van der Waals surface area contributed by atoms with Crippen molar-refractivity contribution in [1.82, 2.24) is 15.1 Å².